The number of aliphatic hydroxyl groups is 1. The second-order valence-electron chi connectivity index (χ2n) is 5.64. The van der Waals surface area contributed by atoms with E-state index in [-0.39, 0.29) is 5.91 Å². The van der Waals surface area contributed by atoms with Gasteiger partial charge in [0.25, 0.3) is 5.91 Å². The fourth-order valence-electron chi connectivity index (χ4n) is 2.74. The zero-order valence-corrected chi connectivity index (χ0v) is 12.3. The van der Waals surface area contributed by atoms with Crippen LogP contribution in [-0.4, -0.2) is 67.3 Å². The molecule has 0 bridgehead atoms. The van der Waals surface area contributed by atoms with Crippen molar-refractivity contribution in [2.24, 2.45) is 0 Å². The van der Waals surface area contributed by atoms with E-state index in [1.807, 2.05) is 31.1 Å². The maximum atomic E-state index is 12.5. The molecule has 1 fully saturated rings. The summed E-state index contributed by atoms with van der Waals surface area (Å²) in [5.41, 5.74) is -0.273. The fourth-order valence-corrected chi connectivity index (χ4v) is 2.74. The highest BCUT2D eigenvalue weighted by Gasteiger charge is 2.39. The Morgan fingerprint density at radius 3 is 2.80 bits per heavy atom. The first-order chi connectivity index (χ1) is 9.45. The van der Waals surface area contributed by atoms with Crippen LogP contribution in [0.1, 0.15) is 16.8 Å². The minimum absolute atomic E-state index is 0.0860. The number of amides is 1. The average Bonchev–Trinajstić information content (AvgIpc) is 2.79. The van der Waals surface area contributed by atoms with E-state index in [0.29, 0.717) is 37.4 Å². The lowest BCUT2D eigenvalue weighted by Gasteiger charge is -2.26. The number of rotatable bonds is 4. The van der Waals surface area contributed by atoms with Crippen LogP contribution >= 0.6 is 0 Å². The third-order valence-electron chi connectivity index (χ3n) is 3.57. The predicted octanol–water partition coefficient (Wildman–Crippen LogP) is 0.834. The molecule has 1 aliphatic heterocycles. The van der Waals surface area contributed by atoms with Crippen molar-refractivity contribution in [2.75, 3.05) is 40.8 Å². The van der Waals surface area contributed by atoms with Crippen molar-refractivity contribution in [3.05, 3.63) is 29.8 Å². The molecule has 1 aromatic carbocycles. The van der Waals surface area contributed by atoms with Gasteiger partial charge >= 0.3 is 0 Å². The van der Waals surface area contributed by atoms with Gasteiger partial charge in [-0.15, -0.1) is 0 Å². The Morgan fingerprint density at radius 1 is 1.45 bits per heavy atom. The van der Waals surface area contributed by atoms with E-state index in [2.05, 4.69) is 0 Å². The molecule has 1 saturated heterocycles. The van der Waals surface area contributed by atoms with E-state index < -0.39 is 5.60 Å². The lowest BCUT2D eigenvalue weighted by atomic mass is 10.0. The summed E-state index contributed by atoms with van der Waals surface area (Å²) < 4.78 is 5.22. The van der Waals surface area contributed by atoms with Gasteiger partial charge in [-0.05, 0) is 32.6 Å². The number of benzene rings is 1. The first-order valence-corrected chi connectivity index (χ1v) is 6.74. The number of methoxy groups -OCH3 is 1. The van der Waals surface area contributed by atoms with Gasteiger partial charge in [0.2, 0.25) is 0 Å². The standard InChI is InChI=1S/C15H22N2O3/c1-16(2)10-15(19)8-9-17(11-15)14(18)12-6-4-5-7-13(12)20-3/h4-7,19H,8-11H2,1-3H3/t15-/m0/s1. The molecule has 1 atom stereocenters. The molecule has 0 saturated carbocycles. The van der Waals surface area contributed by atoms with Crippen LogP contribution in [0.2, 0.25) is 0 Å². The Kier molecular flexibility index (Phi) is 4.30. The molecule has 0 unspecified atom stereocenters. The van der Waals surface area contributed by atoms with Crippen LogP contribution in [0.5, 0.6) is 5.75 Å². The lowest BCUT2D eigenvalue weighted by Crippen LogP contribution is -2.43. The normalized spacial score (nSPS) is 22.4. The highest BCUT2D eigenvalue weighted by molar-refractivity contribution is 5.97. The van der Waals surface area contributed by atoms with E-state index in [9.17, 15) is 9.90 Å². The van der Waals surface area contributed by atoms with E-state index in [1.165, 1.54) is 0 Å². The molecule has 1 N–H and O–H groups in total. The zero-order chi connectivity index (χ0) is 14.8. The summed E-state index contributed by atoms with van der Waals surface area (Å²) in [6.07, 6.45) is 0.603. The van der Waals surface area contributed by atoms with Crippen molar-refractivity contribution in [1.82, 2.24) is 9.80 Å². The van der Waals surface area contributed by atoms with Gasteiger partial charge in [0, 0.05) is 13.1 Å². The number of β-amino-alcohol motifs (C(OH)–C–C–N with tert-alkyl or cyclic N) is 1. The summed E-state index contributed by atoms with van der Waals surface area (Å²) in [5.74, 6) is 0.484. The highest BCUT2D eigenvalue weighted by atomic mass is 16.5. The van der Waals surface area contributed by atoms with Crippen molar-refractivity contribution in [3.63, 3.8) is 0 Å². The number of likely N-dealkylation sites (tertiary alicyclic amines) is 1. The summed E-state index contributed by atoms with van der Waals surface area (Å²) in [6.45, 7) is 1.49. The SMILES string of the molecule is COc1ccccc1C(=O)N1CC[C@](O)(CN(C)C)C1. The van der Waals surface area contributed by atoms with Gasteiger partial charge in [-0.25, -0.2) is 0 Å². The number of carbonyl (C=O) groups is 1. The minimum Gasteiger partial charge on any atom is -0.496 e. The maximum Gasteiger partial charge on any atom is 0.257 e. The Bertz CT molecular complexity index is 490. The van der Waals surface area contributed by atoms with Gasteiger partial charge < -0.3 is 19.6 Å². The maximum absolute atomic E-state index is 12.5. The van der Waals surface area contributed by atoms with Crippen LogP contribution < -0.4 is 4.74 Å². The number of hydrogen-bond donors (Lipinski definition) is 1. The third kappa shape index (κ3) is 3.11. The molecule has 1 aliphatic rings. The Labute approximate surface area is 119 Å². The first-order valence-electron chi connectivity index (χ1n) is 6.74. The van der Waals surface area contributed by atoms with Crippen LogP contribution in [0.25, 0.3) is 0 Å². The number of carbonyl (C=O) groups excluding carboxylic acids is 1. The molecule has 5 nitrogen and oxygen atoms in total. The van der Waals surface area contributed by atoms with Crippen LogP contribution in [-0.2, 0) is 0 Å². The smallest absolute Gasteiger partial charge is 0.257 e. The van der Waals surface area contributed by atoms with Gasteiger partial charge in [-0.2, -0.15) is 0 Å². The summed E-state index contributed by atoms with van der Waals surface area (Å²) in [5, 5.41) is 10.5. The Hall–Kier alpha value is -1.59. The molecule has 1 heterocycles. The number of likely N-dealkylation sites (N-methyl/N-ethyl adjacent to an activating group) is 1. The summed E-state index contributed by atoms with van der Waals surface area (Å²) in [7, 11) is 5.39. The van der Waals surface area contributed by atoms with Gasteiger partial charge in [-0.3, -0.25) is 4.79 Å². The topological polar surface area (TPSA) is 53.0 Å². The van der Waals surface area contributed by atoms with Crippen LogP contribution in [0.4, 0.5) is 0 Å². The van der Waals surface area contributed by atoms with Gasteiger partial charge in [0.05, 0.1) is 24.8 Å². The molecule has 110 valence electrons. The fraction of sp³-hybridized carbons (Fsp3) is 0.533. The van der Waals surface area contributed by atoms with E-state index in [1.54, 1.807) is 24.1 Å². The quantitative estimate of drug-likeness (QED) is 0.886. The van der Waals surface area contributed by atoms with Gasteiger partial charge in [-0.1, -0.05) is 12.1 Å². The van der Waals surface area contributed by atoms with Crippen molar-refractivity contribution in [2.45, 2.75) is 12.0 Å². The summed E-state index contributed by atoms with van der Waals surface area (Å²) >= 11 is 0. The summed E-state index contributed by atoms with van der Waals surface area (Å²) in [6, 6.07) is 7.18. The first kappa shape index (κ1) is 14.8. The number of para-hydroxylation sites is 1. The molecule has 0 spiro atoms. The van der Waals surface area contributed by atoms with Gasteiger partial charge in [0.1, 0.15) is 5.75 Å². The molecule has 2 rings (SSSR count). The summed E-state index contributed by atoms with van der Waals surface area (Å²) in [4.78, 5) is 16.2. The van der Waals surface area contributed by atoms with E-state index in [4.69, 9.17) is 4.74 Å². The van der Waals surface area contributed by atoms with Crippen LogP contribution in [0.3, 0.4) is 0 Å². The zero-order valence-electron chi connectivity index (χ0n) is 12.3. The molecular weight excluding hydrogens is 256 g/mol. The molecule has 1 amide bonds. The highest BCUT2D eigenvalue weighted by Crippen LogP contribution is 2.26. The predicted molar refractivity (Wildman–Crippen MR) is 77.0 cm³/mol. The molecule has 0 aliphatic carbocycles. The number of hydrogen-bond acceptors (Lipinski definition) is 4. The number of ether oxygens (including phenoxy) is 1. The lowest BCUT2D eigenvalue weighted by molar-refractivity contribution is 0.0235. The van der Waals surface area contributed by atoms with Crippen LogP contribution in [0, 0.1) is 0 Å². The van der Waals surface area contributed by atoms with Crippen LogP contribution in [0.15, 0.2) is 24.3 Å². The second kappa shape index (κ2) is 5.81. The Balaban J connectivity index is 2.12. The molecular formula is C15H22N2O3. The van der Waals surface area contributed by atoms with Crippen molar-refractivity contribution in [3.8, 4) is 5.75 Å². The molecule has 0 aromatic heterocycles. The van der Waals surface area contributed by atoms with Crippen molar-refractivity contribution >= 4 is 5.91 Å². The monoisotopic (exact) mass is 278 g/mol. The van der Waals surface area contributed by atoms with Crippen molar-refractivity contribution < 1.29 is 14.6 Å². The van der Waals surface area contributed by atoms with Gasteiger partial charge in [0.15, 0.2) is 0 Å². The van der Waals surface area contributed by atoms with E-state index >= 15 is 0 Å². The van der Waals surface area contributed by atoms with Crippen molar-refractivity contribution in [1.29, 1.82) is 0 Å². The van der Waals surface area contributed by atoms with E-state index in [0.717, 1.165) is 0 Å². The largest absolute Gasteiger partial charge is 0.496 e. The number of nitrogens with zero attached hydrogens (tertiary/aromatic N) is 2. The molecule has 20 heavy (non-hydrogen) atoms. The minimum atomic E-state index is -0.818. The third-order valence-corrected chi connectivity index (χ3v) is 3.57. The molecule has 5 heteroatoms. The Morgan fingerprint density at radius 2 is 2.15 bits per heavy atom. The molecule has 1 aromatic rings. The molecule has 0 radical (unpaired) electrons. The second-order valence-corrected chi connectivity index (χ2v) is 5.64. The average molecular weight is 278 g/mol.